The highest BCUT2D eigenvalue weighted by atomic mass is 32.2. The third-order valence-electron chi connectivity index (χ3n) is 5.60. The Balaban J connectivity index is 1.43. The van der Waals surface area contributed by atoms with Crippen LogP contribution in [0.25, 0.3) is 0 Å². The van der Waals surface area contributed by atoms with Crippen LogP contribution in [0.15, 0.2) is 102 Å². The fourth-order valence-corrected chi connectivity index (χ4v) is 4.74. The number of ether oxygens (including phenoxy) is 3. The van der Waals surface area contributed by atoms with Crippen LogP contribution in [0.5, 0.6) is 23.0 Å². The molecule has 0 aliphatic carbocycles. The van der Waals surface area contributed by atoms with Crippen LogP contribution in [-0.2, 0) is 10.0 Å². The fraction of sp³-hybridized carbons (Fsp3) is 0.107. The van der Waals surface area contributed by atoms with Gasteiger partial charge in [-0.2, -0.15) is 0 Å². The van der Waals surface area contributed by atoms with Gasteiger partial charge in [0.05, 0.1) is 24.8 Å². The number of hydrogen-bond donors (Lipinski definition) is 1. The standard InChI is InChI=1S/C28H26N2O6S/c1-30(37(32,33)25-17-18-26(34-2)27(19-25)35-3)22-13-9-20(10-14-22)28(31)29-21-11-15-24(16-12-21)36-23-7-5-4-6-8-23/h4-19H,1-3H3,(H,29,31). The van der Waals surface area contributed by atoms with E-state index in [4.69, 9.17) is 14.2 Å². The van der Waals surface area contributed by atoms with Crippen LogP contribution >= 0.6 is 0 Å². The molecule has 0 aliphatic rings. The highest BCUT2D eigenvalue weighted by Crippen LogP contribution is 2.32. The van der Waals surface area contributed by atoms with Crippen LogP contribution in [-0.4, -0.2) is 35.6 Å². The van der Waals surface area contributed by atoms with Crippen molar-refractivity contribution in [2.24, 2.45) is 0 Å². The molecule has 4 aromatic rings. The predicted octanol–water partition coefficient (Wildman–Crippen LogP) is 5.57. The Morgan fingerprint density at radius 1 is 0.757 bits per heavy atom. The van der Waals surface area contributed by atoms with Crippen LogP contribution in [0.2, 0.25) is 0 Å². The first-order chi connectivity index (χ1) is 17.8. The lowest BCUT2D eigenvalue weighted by Crippen LogP contribution is -2.26. The van der Waals surface area contributed by atoms with Crippen molar-refractivity contribution in [3.8, 4) is 23.0 Å². The van der Waals surface area contributed by atoms with E-state index in [-0.39, 0.29) is 10.8 Å². The number of carbonyl (C=O) groups is 1. The van der Waals surface area contributed by atoms with Gasteiger partial charge in [-0.15, -0.1) is 0 Å². The second-order valence-corrected chi connectivity index (χ2v) is 9.90. The lowest BCUT2D eigenvalue weighted by atomic mass is 10.2. The smallest absolute Gasteiger partial charge is 0.264 e. The maximum Gasteiger partial charge on any atom is 0.264 e. The number of amides is 1. The number of para-hydroxylation sites is 1. The molecule has 0 bridgehead atoms. The molecule has 0 fully saturated rings. The second kappa shape index (κ2) is 11.0. The van der Waals surface area contributed by atoms with E-state index in [2.05, 4.69) is 5.32 Å². The molecule has 4 aromatic carbocycles. The molecule has 0 aliphatic heterocycles. The normalized spacial score (nSPS) is 10.9. The molecule has 0 saturated heterocycles. The average molecular weight is 519 g/mol. The topological polar surface area (TPSA) is 94.2 Å². The van der Waals surface area contributed by atoms with Crippen molar-refractivity contribution in [2.45, 2.75) is 4.90 Å². The number of sulfonamides is 1. The highest BCUT2D eigenvalue weighted by Gasteiger charge is 2.23. The molecule has 0 saturated carbocycles. The number of nitrogens with zero attached hydrogens (tertiary/aromatic N) is 1. The summed E-state index contributed by atoms with van der Waals surface area (Å²) in [6.07, 6.45) is 0. The molecule has 9 heteroatoms. The molecule has 37 heavy (non-hydrogen) atoms. The molecule has 0 spiro atoms. The van der Waals surface area contributed by atoms with Crippen LogP contribution in [0, 0.1) is 0 Å². The molecule has 4 rings (SSSR count). The van der Waals surface area contributed by atoms with Gasteiger partial charge in [0, 0.05) is 24.4 Å². The number of anilines is 2. The second-order valence-electron chi connectivity index (χ2n) is 7.93. The van der Waals surface area contributed by atoms with Gasteiger partial charge in [0.15, 0.2) is 11.5 Å². The summed E-state index contributed by atoms with van der Waals surface area (Å²) in [4.78, 5) is 12.8. The van der Waals surface area contributed by atoms with Crippen LogP contribution in [0.1, 0.15) is 10.4 Å². The molecular formula is C28H26N2O6S. The number of methoxy groups -OCH3 is 2. The number of hydrogen-bond acceptors (Lipinski definition) is 6. The number of benzene rings is 4. The van der Waals surface area contributed by atoms with Crippen molar-refractivity contribution < 1.29 is 27.4 Å². The van der Waals surface area contributed by atoms with Crippen molar-refractivity contribution in [3.05, 3.63) is 103 Å². The number of rotatable bonds is 9. The van der Waals surface area contributed by atoms with Crippen molar-refractivity contribution in [1.82, 2.24) is 0 Å². The Labute approximate surface area is 216 Å². The molecule has 0 unspecified atom stereocenters. The summed E-state index contributed by atoms with van der Waals surface area (Å²) in [6, 6.07) is 27.1. The van der Waals surface area contributed by atoms with Gasteiger partial charge in [0.1, 0.15) is 11.5 Å². The Kier molecular flexibility index (Phi) is 7.64. The van der Waals surface area contributed by atoms with Crippen LogP contribution in [0.3, 0.4) is 0 Å². The molecule has 1 N–H and O–H groups in total. The highest BCUT2D eigenvalue weighted by molar-refractivity contribution is 7.92. The van der Waals surface area contributed by atoms with Crippen molar-refractivity contribution in [3.63, 3.8) is 0 Å². The fourth-order valence-electron chi connectivity index (χ4n) is 3.53. The summed E-state index contributed by atoms with van der Waals surface area (Å²) in [5.74, 6) is 1.78. The Morgan fingerprint density at radius 3 is 2.00 bits per heavy atom. The maximum atomic E-state index is 13.1. The SMILES string of the molecule is COc1ccc(S(=O)(=O)N(C)c2ccc(C(=O)Nc3ccc(Oc4ccccc4)cc3)cc2)cc1OC. The lowest BCUT2D eigenvalue weighted by Gasteiger charge is -2.20. The summed E-state index contributed by atoms with van der Waals surface area (Å²) in [5.41, 5.74) is 1.38. The van der Waals surface area contributed by atoms with Crippen molar-refractivity contribution in [2.75, 3.05) is 30.9 Å². The van der Waals surface area contributed by atoms with E-state index in [1.807, 2.05) is 30.3 Å². The quantitative estimate of drug-likeness (QED) is 0.311. The molecule has 0 atom stereocenters. The lowest BCUT2D eigenvalue weighted by molar-refractivity contribution is 0.102. The van der Waals surface area contributed by atoms with E-state index < -0.39 is 10.0 Å². The Hall–Kier alpha value is -4.50. The van der Waals surface area contributed by atoms with Crippen LogP contribution < -0.4 is 23.8 Å². The molecule has 8 nitrogen and oxygen atoms in total. The summed E-state index contributed by atoms with van der Waals surface area (Å²) in [7, 11) is 0.489. The first-order valence-corrected chi connectivity index (χ1v) is 12.7. The molecule has 1 amide bonds. The van der Waals surface area contributed by atoms with Crippen LogP contribution in [0.4, 0.5) is 11.4 Å². The predicted molar refractivity (Wildman–Crippen MR) is 142 cm³/mol. The zero-order valence-corrected chi connectivity index (χ0v) is 21.4. The minimum absolute atomic E-state index is 0.0501. The first kappa shape index (κ1) is 25.6. The van der Waals surface area contributed by atoms with Gasteiger partial charge in [-0.3, -0.25) is 9.10 Å². The van der Waals surface area contributed by atoms with Crippen molar-refractivity contribution in [1.29, 1.82) is 0 Å². The maximum absolute atomic E-state index is 13.1. The first-order valence-electron chi connectivity index (χ1n) is 11.3. The molecule has 190 valence electrons. The van der Waals surface area contributed by atoms with Gasteiger partial charge in [-0.25, -0.2) is 8.42 Å². The summed E-state index contributed by atoms with van der Waals surface area (Å²) in [6.45, 7) is 0. The zero-order valence-electron chi connectivity index (χ0n) is 20.5. The van der Waals surface area contributed by atoms with E-state index in [0.717, 1.165) is 10.1 Å². The van der Waals surface area contributed by atoms with Gasteiger partial charge >= 0.3 is 0 Å². The minimum Gasteiger partial charge on any atom is -0.493 e. The summed E-state index contributed by atoms with van der Waals surface area (Å²) < 4.78 is 43.6. The molecule has 0 aromatic heterocycles. The van der Waals surface area contributed by atoms with Gasteiger partial charge < -0.3 is 19.5 Å². The van der Waals surface area contributed by atoms with E-state index in [1.165, 1.54) is 39.5 Å². The largest absolute Gasteiger partial charge is 0.493 e. The van der Waals surface area contributed by atoms with E-state index >= 15 is 0 Å². The number of nitrogens with one attached hydrogen (secondary N) is 1. The van der Waals surface area contributed by atoms with Gasteiger partial charge in [-0.05, 0) is 72.8 Å². The Morgan fingerprint density at radius 2 is 1.38 bits per heavy atom. The minimum atomic E-state index is -3.87. The van der Waals surface area contributed by atoms with Gasteiger partial charge in [-0.1, -0.05) is 18.2 Å². The molecule has 0 heterocycles. The number of carbonyl (C=O) groups excluding carboxylic acids is 1. The summed E-state index contributed by atoms with van der Waals surface area (Å²) >= 11 is 0. The third-order valence-corrected chi connectivity index (χ3v) is 7.38. The van der Waals surface area contributed by atoms with Crippen molar-refractivity contribution >= 4 is 27.3 Å². The Bertz CT molecular complexity index is 1470. The van der Waals surface area contributed by atoms with Gasteiger partial charge in [0.25, 0.3) is 15.9 Å². The van der Waals surface area contributed by atoms with E-state index in [9.17, 15) is 13.2 Å². The zero-order chi connectivity index (χ0) is 26.4. The third kappa shape index (κ3) is 5.84. The van der Waals surface area contributed by atoms with E-state index in [0.29, 0.717) is 34.2 Å². The van der Waals surface area contributed by atoms with E-state index in [1.54, 1.807) is 48.5 Å². The molecular weight excluding hydrogens is 492 g/mol. The van der Waals surface area contributed by atoms with Gasteiger partial charge in [0.2, 0.25) is 0 Å². The summed E-state index contributed by atoms with van der Waals surface area (Å²) in [5, 5.41) is 2.83. The molecule has 0 radical (unpaired) electrons. The monoisotopic (exact) mass is 518 g/mol. The average Bonchev–Trinajstić information content (AvgIpc) is 2.93.